The van der Waals surface area contributed by atoms with Crippen LogP contribution in [0.5, 0.6) is 0 Å². The Bertz CT molecular complexity index is 536. The molecule has 1 spiro atoms. The van der Waals surface area contributed by atoms with Crippen LogP contribution in [-0.2, 0) is 25.8 Å². The van der Waals surface area contributed by atoms with Crippen LogP contribution in [-0.4, -0.2) is 12.2 Å². The summed E-state index contributed by atoms with van der Waals surface area (Å²) in [4.78, 5) is 0. The van der Waals surface area contributed by atoms with Crippen molar-refractivity contribution in [3.05, 3.63) is 18.1 Å². The Morgan fingerprint density at radius 2 is 1.88 bits per heavy atom. The van der Waals surface area contributed by atoms with Crippen LogP contribution in [0.15, 0.2) is 11.6 Å². The second-order valence-corrected chi connectivity index (χ2v) is 9.76. The molecule has 5 rings (SSSR count). The molecule has 0 aromatic heterocycles. The summed E-state index contributed by atoms with van der Waals surface area (Å²) in [7, 11) is 0. The van der Waals surface area contributed by atoms with Gasteiger partial charge in [0.25, 0.3) is 0 Å². The summed E-state index contributed by atoms with van der Waals surface area (Å²) >= 11 is 0. The van der Waals surface area contributed by atoms with Crippen LogP contribution in [0, 0.1) is 35.0 Å². The molecule has 0 bridgehead atoms. The van der Waals surface area contributed by atoms with E-state index in [1.807, 2.05) is 5.57 Å². The van der Waals surface area contributed by atoms with Gasteiger partial charge < -0.3 is 11.2 Å². The van der Waals surface area contributed by atoms with Crippen molar-refractivity contribution >= 4 is 0 Å². The molecule has 6 atom stereocenters. The molecule has 24 heavy (non-hydrogen) atoms. The molecule has 0 radical (unpaired) electrons. The average molecular weight is 497 g/mol. The minimum Gasteiger partial charge on any atom is -0.369 e. The van der Waals surface area contributed by atoms with E-state index in [0.29, 0.717) is 16.4 Å². The van der Waals surface area contributed by atoms with Crippen molar-refractivity contribution in [1.29, 1.82) is 0 Å². The summed E-state index contributed by atoms with van der Waals surface area (Å²) in [6.07, 6.45) is 19.1. The van der Waals surface area contributed by atoms with E-state index in [0.717, 1.165) is 24.4 Å². The van der Waals surface area contributed by atoms with Crippen molar-refractivity contribution < 1.29 is 25.8 Å². The van der Waals surface area contributed by atoms with E-state index >= 15 is 0 Å². The van der Waals surface area contributed by atoms with E-state index < -0.39 is 0 Å². The molecule has 5 aliphatic rings. The second-order valence-electron chi connectivity index (χ2n) is 9.76. The van der Waals surface area contributed by atoms with Gasteiger partial charge in [0.1, 0.15) is 0 Å². The molecule has 0 aromatic rings. The first-order chi connectivity index (χ1) is 11.1. The normalized spacial score (nSPS) is 52.9. The van der Waals surface area contributed by atoms with E-state index in [9.17, 15) is 0 Å². The van der Waals surface area contributed by atoms with Crippen molar-refractivity contribution in [1.82, 2.24) is 0 Å². The maximum atomic E-state index is 6.06. The van der Waals surface area contributed by atoms with Crippen molar-refractivity contribution in [3.8, 4) is 0 Å². The third-order valence-electron chi connectivity index (χ3n) is 9.13. The molecule has 4 fully saturated rings. The predicted octanol–water partition coefficient (Wildman–Crippen LogP) is 5.70. The third kappa shape index (κ3) is 2.26. The molecule has 3 saturated carbocycles. The molecule has 1 aliphatic heterocycles. The Balaban J connectivity index is 0.00000146. The molecular weight excluding hydrogens is 464 g/mol. The molecule has 1 nitrogen and oxygen atoms in total. The molecule has 0 N–H and O–H groups in total. The Kier molecular flexibility index (Phi) is 4.41. The van der Waals surface area contributed by atoms with Gasteiger partial charge in [0.15, 0.2) is 0 Å². The Morgan fingerprint density at radius 1 is 1.08 bits per heavy atom. The summed E-state index contributed by atoms with van der Waals surface area (Å²) in [5, 5.41) is 0. The number of hydrogen-bond acceptors (Lipinski definition) is 1. The smallest absolute Gasteiger partial charge is 0.0972 e. The molecule has 5 unspecified atom stereocenters. The molecular formula is C22H33OW-. The first-order valence-electron chi connectivity index (χ1n) is 10.2. The molecule has 0 amide bonds. The Morgan fingerprint density at radius 3 is 2.67 bits per heavy atom. The first kappa shape index (κ1) is 17.8. The standard InChI is InChI=1S/C22H33O.W/c1-20-12-6-4-3-5-7-16(20)8-9-17-18(20)10-13-21(2)19(17)11-14-22(21)15-23-22;/h4,8,17-19H,3,5-7,9-15H2,1-2H3;/q-1;/t17?,18?,19?,20?,21?,22-;/m1./s1. The summed E-state index contributed by atoms with van der Waals surface area (Å²) in [5.74, 6) is 2.80. The average Bonchev–Trinajstić information content (AvgIpc) is 3.24. The Hall–Kier alpha value is 0.388. The second kappa shape index (κ2) is 5.95. The van der Waals surface area contributed by atoms with Gasteiger partial charge in [-0.2, -0.15) is 12.8 Å². The van der Waals surface area contributed by atoms with E-state index in [1.165, 1.54) is 64.2 Å². The van der Waals surface area contributed by atoms with Crippen LogP contribution in [0.2, 0.25) is 0 Å². The topological polar surface area (TPSA) is 12.5 Å². The number of ether oxygens (including phenoxy) is 1. The van der Waals surface area contributed by atoms with Gasteiger partial charge in [0.05, 0.1) is 12.2 Å². The predicted molar refractivity (Wildman–Crippen MR) is 93.9 cm³/mol. The van der Waals surface area contributed by atoms with Crippen molar-refractivity contribution in [2.45, 2.75) is 83.7 Å². The van der Waals surface area contributed by atoms with Gasteiger partial charge in [-0.1, -0.05) is 38.3 Å². The number of epoxide rings is 1. The molecule has 2 heteroatoms. The maximum Gasteiger partial charge on any atom is 0.0972 e. The fraction of sp³-hybridized carbons (Fsp3) is 0.864. The Labute approximate surface area is 162 Å². The third-order valence-corrected chi connectivity index (χ3v) is 9.13. The zero-order valence-corrected chi connectivity index (χ0v) is 18.4. The summed E-state index contributed by atoms with van der Waals surface area (Å²) in [5.41, 5.74) is 3.14. The summed E-state index contributed by atoms with van der Waals surface area (Å²) in [6, 6.07) is 0. The van der Waals surface area contributed by atoms with Crippen molar-refractivity contribution in [2.75, 3.05) is 6.61 Å². The van der Waals surface area contributed by atoms with Gasteiger partial charge in [-0.15, -0.1) is 0 Å². The fourth-order valence-electron chi connectivity index (χ4n) is 7.53. The SMILES string of the molecule is CC12CC[CH-]CCCC1=CCC1C2CCC2(C)C1CC[C@@]21CO1.[W]. The fourth-order valence-corrected chi connectivity index (χ4v) is 7.53. The van der Waals surface area contributed by atoms with Gasteiger partial charge in [0.2, 0.25) is 0 Å². The van der Waals surface area contributed by atoms with Crippen molar-refractivity contribution in [3.63, 3.8) is 0 Å². The van der Waals surface area contributed by atoms with Crippen LogP contribution in [0.3, 0.4) is 0 Å². The first-order valence-corrected chi connectivity index (χ1v) is 10.2. The van der Waals surface area contributed by atoms with Crippen molar-refractivity contribution in [2.24, 2.45) is 28.6 Å². The maximum absolute atomic E-state index is 6.06. The molecule has 1 saturated heterocycles. The quantitative estimate of drug-likeness (QED) is 0.238. The van der Waals surface area contributed by atoms with E-state index in [4.69, 9.17) is 4.74 Å². The molecule has 0 aromatic carbocycles. The van der Waals surface area contributed by atoms with E-state index in [2.05, 4.69) is 26.3 Å². The number of rotatable bonds is 0. The summed E-state index contributed by atoms with van der Waals surface area (Å²) < 4.78 is 6.06. The molecule has 134 valence electrons. The number of allylic oxidation sites excluding steroid dienone is 2. The van der Waals surface area contributed by atoms with Crippen LogP contribution >= 0.6 is 0 Å². The van der Waals surface area contributed by atoms with Gasteiger partial charge >= 0.3 is 0 Å². The summed E-state index contributed by atoms with van der Waals surface area (Å²) in [6.45, 7) is 6.28. The number of fused-ring (bicyclic) bond motifs is 6. The van der Waals surface area contributed by atoms with Gasteiger partial charge in [0, 0.05) is 26.5 Å². The van der Waals surface area contributed by atoms with Crippen LogP contribution in [0.25, 0.3) is 0 Å². The van der Waals surface area contributed by atoms with Crippen LogP contribution < -0.4 is 0 Å². The van der Waals surface area contributed by atoms with Gasteiger partial charge in [-0.25, -0.2) is 0 Å². The molecule has 4 aliphatic carbocycles. The van der Waals surface area contributed by atoms with E-state index in [-0.39, 0.29) is 21.1 Å². The minimum absolute atomic E-state index is 0. The van der Waals surface area contributed by atoms with Crippen LogP contribution in [0.1, 0.15) is 78.1 Å². The molecule has 1 heterocycles. The van der Waals surface area contributed by atoms with Gasteiger partial charge in [-0.05, 0) is 61.7 Å². The van der Waals surface area contributed by atoms with E-state index in [1.54, 1.807) is 0 Å². The largest absolute Gasteiger partial charge is 0.369 e. The monoisotopic (exact) mass is 497 g/mol. The number of hydrogen-bond donors (Lipinski definition) is 0. The van der Waals surface area contributed by atoms with Gasteiger partial charge in [-0.3, -0.25) is 0 Å². The zero-order chi connectivity index (χ0) is 15.7. The minimum atomic E-state index is 0. The zero-order valence-electron chi connectivity index (χ0n) is 15.5. The van der Waals surface area contributed by atoms with Crippen LogP contribution in [0.4, 0.5) is 0 Å².